The summed E-state index contributed by atoms with van der Waals surface area (Å²) < 4.78 is 5.71. The molecule has 2 aromatic heterocycles. The second-order valence-electron chi connectivity index (χ2n) is 4.15. The maximum Gasteiger partial charge on any atom is 0.251 e. The number of anilines is 1. The number of hydrogen-bond acceptors (Lipinski definition) is 7. The number of carbonyl (C=O) groups is 1. The Kier molecular flexibility index (Phi) is 3.07. The lowest BCUT2D eigenvalue weighted by Gasteiger charge is -2.02. The summed E-state index contributed by atoms with van der Waals surface area (Å²) in [6.45, 7) is 1.92. The van der Waals surface area contributed by atoms with Gasteiger partial charge in [-0.1, -0.05) is 16.5 Å². The Morgan fingerprint density at radius 3 is 3.05 bits per heavy atom. The molecule has 0 aliphatic carbocycles. The van der Waals surface area contributed by atoms with Gasteiger partial charge in [-0.05, 0) is 18.2 Å². The predicted octanol–water partition coefficient (Wildman–Crippen LogP) is 1.50. The summed E-state index contributed by atoms with van der Waals surface area (Å²) in [7, 11) is 0. The van der Waals surface area contributed by atoms with Crippen molar-refractivity contribution in [1.82, 2.24) is 20.4 Å². The largest absolute Gasteiger partial charge is 0.375 e. The van der Waals surface area contributed by atoms with Gasteiger partial charge in [0.2, 0.25) is 5.89 Å². The van der Waals surface area contributed by atoms with E-state index < -0.39 is 0 Å². The van der Waals surface area contributed by atoms with Crippen LogP contribution >= 0.6 is 11.3 Å². The molecule has 0 radical (unpaired) electrons. The van der Waals surface area contributed by atoms with Crippen LogP contribution in [0.5, 0.6) is 0 Å². The van der Waals surface area contributed by atoms with E-state index in [2.05, 4.69) is 20.4 Å². The highest BCUT2D eigenvalue weighted by molar-refractivity contribution is 7.22. The van der Waals surface area contributed by atoms with Crippen LogP contribution in [-0.2, 0) is 6.54 Å². The van der Waals surface area contributed by atoms with E-state index in [-0.39, 0.29) is 12.5 Å². The molecule has 0 aliphatic heterocycles. The van der Waals surface area contributed by atoms with Crippen LogP contribution < -0.4 is 11.1 Å². The molecule has 0 saturated heterocycles. The Morgan fingerprint density at radius 2 is 2.30 bits per heavy atom. The fourth-order valence-electron chi connectivity index (χ4n) is 1.76. The van der Waals surface area contributed by atoms with Crippen LogP contribution in [-0.4, -0.2) is 21.0 Å². The molecule has 0 bridgehead atoms. The third kappa shape index (κ3) is 2.45. The summed E-state index contributed by atoms with van der Waals surface area (Å²) in [6, 6.07) is 5.24. The maximum atomic E-state index is 12.0. The zero-order chi connectivity index (χ0) is 14.1. The number of benzene rings is 1. The van der Waals surface area contributed by atoms with E-state index in [1.807, 2.05) is 0 Å². The van der Waals surface area contributed by atoms with Crippen molar-refractivity contribution in [2.45, 2.75) is 13.5 Å². The number of nitrogen functional groups attached to an aromatic ring is 1. The molecule has 0 spiro atoms. The third-order valence-electron chi connectivity index (χ3n) is 2.64. The molecule has 1 amide bonds. The van der Waals surface area contributed by atoms with Gasteiger partial charge in [0.05, 0.1) is 16.8 Å². The number of carbonyl (C=O) groups excluding carboxylic acids is 1. The van der Waals surface area contributed by atoms with Crippen molar-refractivity contribution in [3.05, 3.63) is 35.5 Å². The summed E-state index contributed by atoms with van der Waals surface area (Å²) >= 11 is 1.35. The second-order valence-corrected chi connectivity index (χ2v) is 5.21. The van der Waals surface area contributed by atoms with Crippen LogP contribution in [0.4, 0.5) is 5.13 Å². The second kappa shape index (κ2) is 4.89. The molecule has 0 unspecified atom stereocenters. The molecule has 3 N–H and O–H groups in total. The lowest BCUT2D eigenvalue weighted by molar-refractivity contribution is 0.0950. The zero-order valence-corrected chi connectivity index (χ0v) is 11.4. The van der Waals surface area contributed by atoms with Crippen molar-refractivity contribution >= 4 is 32.6 Å². The average Bonchev–Trinajstić information content (AvgIpc) is 2.99. The first-order valence-corrected chi connectivity index (χ1v) is 6.67. The minimum atomic E-state index is -0.207. The van der Waals surface area contributed by atoms with Gasteiger partial charge in [0.15, 0.2) is 11.0 Å². The number of fused-ring (bicyclic) bond motifs is 1. The van der Waals surface area contributed by atoms with Gasteiger partial charge >= 0.3 is 0 Å². The number of nitrogens with zero attached hydrogens (tertiary/aromatic N) is 3. The van der Waals surface area contributed by atoms with E-state index in [0.717, 1.165) is 10.2 Å². The van der Waals surface area contributed by atoms with E-state index in [4.69, 9.17) is 10.3 Å². The lowest BCUT2D eigenvalue weighted by Crippen LogP contribution is -2.23. The summed E-state index contributed by atoms with van der Waals surface area (Å²) in [4.78, 5) is 20.2. The fraction of sp³-hybridized carbons (Fsp3) is 0.167. The van der Waals surface area contributed by atoms with Gasteiger partial charge in [0.1, 0.15) is 0 Å². The SMILES string of the molecule is Cc1nc(CNC(=O)c2ccc3nc(N)sc3c2)no1. The topological polar surface area (TPSA) is 107 Å². The first-order chi connectivity index (χ1) is 9.61. The summed E-state index contributed by atoms with van der Waals surface area (Å²) in [5, 5.41) is 6.92. The summed E-state index contributed by atoms with van der Waals surface area (Å²) in [5.74, 6) is 0.705. The summed E-state index contributed by atoms with van der Waals surface area (Å²) in [6.07, 6.45) is 0. The van der Waals surface area contributed by atoms with Gasteiger partial charge in [0.25, 0.3) is 5.91 Å². The highest BCUT2D eigenvalue weighted by atomic mass is 32.1. The third-order valence-corrected chi connectivity index (χ3v) is 3.49. The molecule has 8 heteroatoms. The Bertz CT molecular complexity index is 779. The number of hydrogen-bond donors (Lipinski definition) is 2. The quantitative estimate of drug-likeness (QED) is 0.756. The molecule has 3 rings (SSSR count). The molecule has 3 aromatic rings. The molecule has 1 aromatic carbocycles. The monoisotopic (exact) mass is 289 g/mol. The van der Waals surface area contributed by atoms with Crippen molar-refractivity contribution in [1.29, 1.82) is 0 Å². The highest BCUT2D eigenvalue weighted by Gasteiger charge is 2.10. The van der Waals surface area contributed by atoms with Gasteiger partial charge < -0.3 is 15.6 Å². The normalized spacial score (nSPS) is 10.8. The van der Waals surface area contributed by atoms with Crippen LogP contribution in [0.15, 0.2) is 22.7 Å². The lowest BCUT2D eigenvalue weighted by atomic mass is 10.2. The Labute approximate surface area is 117 Å². The molecule has 7 nitrogen and oxygen atoms in total. The van der Waals surface area contributed by atoms with Crippen molar-refractivity contribution < 1.29 is 9.32 Å². The minimum absolute atomic E-state index is 0.207. The van der Waals surface area contributed by atoms with E-state index in [1.54, 1.807) is 25.1 Å². The van der Waals surface area contributed by atoms with Gasteiger partial charge in [-0.25, -0.2) is 4.98 Å². The van der Waals surface area contributed by atoms with E-state index in [1.165, 1.54) is 11.3 Å². The van der Waals surface area contributed by atoms with Crippen molar-refractivity contribution in [3.63, 3.8) is 0 Å². The molecule has 0 saturated carbocycles. The van der Waals surface area contributed by atoms with Crippen molar-refractivity contribution in [2.24, 2.45) is 0 Å². The summed E-state index contributed by atoms with van der Waals surface area (Å²) in [5.41, 5.74) is 6.97. The number of nitrogens with two attached hydrogens (primary N) is 1. The number of nitrogens with one attached hydrogen (secondary N) is 1. The van der Waals surface area contributed by atoms with Crippen LogP contribution in [0.25, 0.3) is 10.2 Å². The first-order valence-electron chi connectivity index (χ1n) is 5.85. The number of aryl methyl sites for hydroxylation is 1. The van der Waals surface area contributed by atoms with Gasteiger partial charge in [-0.3, -0.25) is 4.79 Å². The standard InChI is InChI=1S/C12H11N5O2S/c1-6-15-10(17-19-6)5-14-11(18)7-2-3-8-9(4-7)20-12(13)16-8/h2-4H,5H2,1H3,(H2,13,16)(H,14,18). The zero-order valence-electron chi connectivity index (χ0n) is 10.6. The smallest absolute Gasteiger partial charge is 0.251 e. The van der Waals surface area contributed by atoms with Gasteiger partial charge in [-0.2, -0.15) is 4.98 Å². The Balaban J connectivity index is 1.74. The van der Waals surface area contributed by atoms with Crippen LogP contribution in [0.1, 0.15) is 22.1 Å². The first kappa shape index (κ1) is 12.5. The Hall–Kier alpha value is -2.48. The van der Waals surface area contributed by atoms with Crippen molar-refractivity contribution in [2.75, 3.05) is 5.73 Å². The molecule has 2 heterocycles. The Morgan fingerprint density at radius 1 is 1.45 bits per heavy atom. The van der Waals surface area contributed by atoms with Crippen LogP contribution in [0, 0.1) is 6.92 Å². The number of thiazole rings is 1. The molecule has 102 valence electrons. The van der Waals surface area contributed by atoms with Crippen molar-refractivity contribution in [3.8, 4) is 0 Å². The fourth-order valence-corrected chi connectivity index (χ4v) is 2.53. The molecule has 20 heavy (non-hydrogen) atoms. The van der Waals surface area contributed by atoms with Gasteiger partial charge in [0, 0.05) is 12.5 Å². The molecular weight excluding hydrogens is 278 g/mol. The van der Waals surface area contributed by atoms with Crippen LogP contribution in [0.2, 0.25) is 0 Å². The molecule has 0 aliphatic rings. The number of aromatic nitrogens is 3. The number of amides is 1. The van der Waals surface area contributed by atoms with Gasteiger partial charge in [-0.15, -0.1) is 0 Å². The maximum absolute atomic E-state index is 12.0. The molecular formula is C12H11N5O2S. The average molecular weight is 289 g/mol. The van der Waals surface area contributed by atoms with E-state index in [9.17, 15) is 4.79 Å². The molecule has 0 atom stereocenters. The number of rotatable bonds is 3. The molecule has 0 fully saturated rings. The predicted molar refractivity (Wildman–Crippen MR) is 74.2 cm³/mol. The highest BCUT2D eigenvalue weighted by Crippen LogP contribution is 2.24. The van der Waals surface area contributed by atoms with E-state index in [0.29, 0.717) is 22.4 Å². The van der Waals surface area contributed by atoms with Crippen LogP contribution in [0.3, 0.4) is 0 Å². The minimum Gasteiger partial charge on any atom is -0.375 e. The van der Waals surface area contributed by atoms with E-state index >= 15 is 0 Å².